The molecule has 1 aliphatic rings. The van der Waals surface area contributed by atoms with Crippen LogP contribution in [0.25, 0.3) is 0 Å². The fourth-order valence-corrected chi connectivity index (χ4v) is 6.87. The molecule has 1 N–H and O–H groups in total. The van der Waals surface area contributed by atoms with Crippen molar-refractivity contribution in [2.45, 2.75) is 108 Å². The highest BCUT2D eigenvalue weighted by molar-refractivity contribution is 8.77. The predicted octanol–water partition coefficient (Wildman–Crippen LogP) is 9.64. The highest BCUT2D eigenvalue weighted by atomic mass is 33.1. The number of hydrogen-bond donors (Lipinski definition) is 1. The van der Waals surface area contributed by atoms with E-state index in [0.717, 1.165) is 69.5 Å². The standard InChI is InChI=1S/C33H51NO2S2/c1-2-3-4-5-6-7-8-9-10-11-12-13-14-15-16-17-18-19-20-27-33(36)34-29-23-25-31(35)24-21-22-26-32-28-30-37-38-32/h3-4,6-7,9-10,12-13,15-16,18-19,32H,2,5,8,11,14,17,20-30H2,1H3,(H,34,36)/b4-3-,7-6-,10-9-,13-12-,16-15-,19-18-/t32-/m1/s1. The monoisotopic (exact) mass is 557 g/mol. The lowest BCUT2D eigenvalue weighted by Crippen LogP contribution is -2.24. The average Bonchev–Trinajstić information content (AvgIpc) is 3.44. The highest BCUT2D eigenvalue weighted by Crippen LogP contribution is 2.39. The van der Waals surface area contributed by atoms with Gasteiger partial charge in [0, 0.05) is 36.8 Å². The van der Waals surface area contributed by atoms with Crippen molar-refractivity contribution in [1.82, 2.24) is 5.32 Å². The molecule has 1 fully saturated rings. The van der Waals surface area contributed by atoms with E-state index in [0.29, 0.717) is 31.6 Å². The Morgan fingerprint density at radius 2 is 1.26 bits per heavy atom. The molecule has 38 heavy (non-hydrogen) atoms. The lowest BCUT2D eigenvalue weighted by molar-refractivity contribution is -0.122. The third-order valence-corrected chi connectivity index (χ3v) is 9.05. The van der Waals surface area contributed by atoms with Crippen LogP contribution in [0.2, 0.25) is 0 Å². The summed E-state index contributed by atoms with van der Waals surface area (Å²) in [5.74, 6) is 1.69. The molecule has 0 unspecified atom stereocenters. The number of unbranched alkanes of at least 4 members (excludes halogenated alkanes) is 1. The Labute approximate surface area is 241 Å². The number of Topliss-reactive ketones (excluding diaryl/α,β-unsaturated/α-hetero) is 1. The Bertz CT molecular complexity index is 774. The van der Waals surface area contributed by atoms with Gasteiger partial charge in [0.25, 0.3) is 0 Å². The lowest BCUT2D eigenvalue weighted by atomic mass is 10.1. The van der Waals surface area contributed by atoms with Crippen molar-refractivity contribution in [2.24, 2.45) is 0 Å². The van der Waals surface area contributed by atoms with Crippen molar-refractivity contribution in [2.75, 3.05) is 12.3 Å². The van der Waals surface area contributed by atoms with Gasteiger partial charge in [-0.15, -0.1) is 0 Å². The van der Waals surface area contributed by atoms with E-state index in [-0.39, 0.29) is 5.91 Å². The van der Waals surface area contributed by atoms with E-state index in [2.05, 4.69) is 85.2 Å². The molecule has 1 amide bonds. The Balaban J connectivity index is 1.89. The van der Waals surface area contributed by atoms with Crippen LogP contribution >= 0.6 is 21.6 Å². The zero-order chi connectivity index (χ0) is 27.4. The molecule has 0 spiro atoms. The van der Waals surface area contributed by atoms with E-state index in [1.54, 1.807) is 0 Å². The molecular formula is C33H51NO2S2. The van der Waals surface area contributed by atoms with Gasteiger partial charge >= 0.3 is 0 Å². The van der Waals surface area contributed by atoms with E-state index >= 15 is 0 Å². The molecule has 0 bridgehead atoms. The van der Waals surface area contributed by atoms with Gasteiger partial charge in [-0.1, -0.05) is 108 Å². The van der Waals surface area contributed by atoms with Crippen LogP contribution in [-0.2, 0) is 9.59 Å². The molecule has 1 rings (SSSR count). The second kappa shape index (κ2) is 26.9. The third-order valence-electron chi connectivity index (χ3n) is 6.05. The molecule has 3 nitrogen and oxygen atoms in total. The van der Waals surface area contributed by atoms with E-state index in [1.165, 1.54) is 18.6 Å². The quantitative estimate of drug-likeness (QED) is 0.0771. The Morgan fingerprint density at radius 3 is 1.82 bits per heavy atom. The van der Waals surface area contributed by atoms with Crippen LogP contribution < -0.4 is 5.32 Å². The summed E-state index contributed by atoms with van der Waals surface area (Å²) in [4.78, 5) is 23.9. The molecule has 212 valence electrons. The van der Waals surface area contributed by atoms with Gasteiger partial charge in [-0.2, -0.15) is 0 Å². The fourth-order valence-electron chi connectivity index (χ4n) is 3.84. The molecule has 5 heteroatoms. The van der Waals surface area contributed by atoms with Crippen LogP contribution in [-0.4, -0.2) is 29.2 Å². The Kier molecular flexibility index (Phi) is 24.3. The molecule has 1 aliphatic heterocycles. The number of amides is 1. The SMILES string of the molecule is CC/C=C\C/C=C\C/C=C\C/C=C\C/C=C\C/C=C\CCC(=O)NCCCC(=O)CCCC[C@@H]1CCSS1. The summed E-state index contributed by atoms with van der Waals surface area (Å²) < 4.78 is 0. The van der Waals surface area contributed by atoms with E-state index < -0.39 is 0 Å². The minimum absolute atomic E-state index is 0.0731. The van der Waals surface area contributed by atoms with Gasteiger partial charge in [0.2, 0.25) is 5.91 Å². The molecule has 0 aromatic rings. The minimum Gasteiger partial charge on any atom is -0.356 e. The molecule has 1 atom stereocenters. The molecule has 0 aromatic heterocycles. The van der Waals surface area contributed by atoms with Crippen molar-refractivity contribution in [1.29, 1.82) is 0 Å². The average molecular weight is 558 g/mol. The Morgan fingerprint density at radius 1 is 0.711 bits per heavy atom. The van der Waals surface area contributed by atoms with Gasteiger partial charge in [-0.05, 0) is 70.6 Å². The second-order valence-electron chi connectivity index (χ2n) is 9.52. The summed E-state index contributed by atoms with van der Waals surface area (Å²) >= 11 is 0. The van der Waals surface area contributed by atoms with Crippen LogP contribution in [0.4, 0.5) is 0 Å². The molecular weight excluding hydrogens is 507 g/mol. The van der Waals surface area contributed by atoms with Crippen molar-refractivity contribution >= 4 is 33.3 Å². The zero-order valence-electron chi connectivity index (χ0n) is 23.7. The summed E-state index contributed by atoms with van der Waals surface area (Å²) in [5, 5.41) is 3.74. The van der Waals surface area contributed by atoms with Gasteiger partial charge in [0.05, 0.1) is 0 Å². The summed E-state index contributed by atoms with van der Waals surface area (Å²) in [6.07, 6.45) is 40.2. The third kappa shape index (κ3) is 23.4. The number of rotatable bonds is 23. The van der Waals surface area contributed by atoms with Crippen LogP contribution in [0.15, 0.2) is 72.9 Å². The highest BCUT2D eigenvalue weighted by Gasteiger charge is 2.15. The second-order valence-corrected chi connectivity index (χ2v) is 12.3. The molecule has 1 heterocycles. The molecule has 1 saturated heterocycles. The van der Waals surface area contributed by atoms with Gasteiger partial charge in [-0.25, -0.2) is 0 Å². The molecule has 0 aromatic carbocycles. The van der Waals surface area contributed by atoms with Crippen molar-refractivity contribution in [3.63, 3.8) is 0 Å². The smallest absolute Gasteiger partial charge is 0.220 e. The number of carbonyl (C=O) groups is 2. The van der Waals surface area contributed by atoms with Crippen molar-refractivity contribution in [3.8, 4) is 0 Å². The fraction of sp³-hybridized carbons (Fsp3) is 0.576. The maximum atomic E-state index is 12.0. The summed E-state index contributed by atoms with van der Waals surface area (Å²) in [6.45, 7) is 2.76. The summed E-state index contributed by atoms with van der Waals surface area (Å²) in [5.41, 5.74) is 0. The Hall–Kier alpha value is -1.72. The first kappa shape index (κ1) is 34.3. The van der Waals surface area contributed by atoms with Crippen LogP contribution in [0.1, 0.15) is 103 Å². The van der Waals surface area contributed by atoms with E-state index in [9.17, 15) is 9.59 Å². The maximum Gasteiger partial charge on any atom is 0.220 e. The van der Waals surface area contributed by atoms with E-state index in [4.69, 9.17) is 0 Å². The molecule has 0 radical (unpaired) electrons. The largest absolute Gasteiger partial charge is 0.356 e. The normalized spacial score (nSPS) is 16.5. The van der Waals surface area contributed by atoms with Crippen molar-refractivity contribution < 1.29 is 9.59 Å². The zero-order valence-corrected chi connectivity index (χ0v) is 25.3. The van der Waals surface area contributed by atoms with Gasteiger partial charge < -0.3 is 5.32 Å². The lowest BCUT2D eigenvalue weighted by Gasteiger charge is -2.07. The first-order valence-corrected chi connectivity index (χ1v) is 17.1. The number of ketones is 1. The van der Waals surface area contributed by atoms with Crippen LogP contribution in [0.5, 0.6) is 0 Å². The summed E-state index contributed by atoms with van der Waals surface area (Å²) in [7, 11) is 4.00. The summed E-state index contributed by atoms with van der Waals surface area (Å²) in [6, 6.07) is 0. The minimum atomic E-state index is 0.0731. The number of allylic oxidation sites excluding steroid dienone is 12. The van der Waals surface area contributed by atoms with Gasteiger partial charge in [-0.3, -0.25) is 9.59 Å². The van der Waals surface area contributed by atoms with E-state index in [1.807, 2.05) is 21.6 Å². The van der Waals surface area contributed by atoms with Gasteiger partial charge in [0.15, 0.2) is 0 Å². The van der Waals surface area contributed by atoms with Crippen LogP contribution in [0, 0.1) is 0 Å². The first-order chi connectivity index (χ1) is 18.7. The van der Waals surface area contributed by atoms with Gasteiger partial charge in [0.1, 0.15) is 5.78 Å². The first-order valence-electron chi connectivity index (χ1n) is 14.7. The van der Waals surface area contributed by atoms with Crippen LogP contribution in [0.3, 0.4) is 0 Å². The topological polar surface area (TPSA) is 46.2 Å². The molecule has 0 aliphatic carbocycles. The maximum absolute atomic E-state index is 12.0. The molecule has 0 saturated carbocycles. The predicted molar refractivity (Wildman–Crippen MR) is 172 cm³/mol. The number of hydrogen-bond acceptors (Lipinski definition) is 4. The number of nitrogens with one attached hydrogen (secondary N) is 1. The number of carbonyl (C=O) groups excluding carboxylic acids is 2. The van der Waals surface area contributed by atoms with Crippen molar-refractivity contribution in [3.05, 3.63) is 72.9 Å².